The molecule has 6 nitrogen and oxygen atoms in total. The Hall–Kier alpha value is -1.63. The van der Waals surface area contributed by atoms with Crippen molar-refractivity contribution < 1.29 is 14.6 Å². The Morgan fingerprint density at radius 1 is 1.50 bits per heavy atom. The zero-order valence-electron chi connectivity index (χ0n) is 14.5. The number of benzene rings is 1. The first-order valence-electron chi connectivity index (χ1n) is 8.53. The van der Waals surface area contributed by atoms with E-state index in [0.717, 1.165) is 37.5 Å². The third-order valence-electron chi connectivity index (χ3n) is 4.87. The molecule has 2 aliphatic rings. The lowest BCUT2D eigenvalue weighted by Gasteiger charge is -2.36. The van der Waals surface area contributed by atoms with Crippen molar-refractivity contribution in [1.82, 2.24) is 10.2 Å². The number of nitrogens with zero attached hydrogens (tertiary/aromatic N) is 2. The molecule has 0 radical (unpaired) electrons. The summed E-state index contributed by atoms with van der Waals surface area (Å²) >= 11 is 0. The fourth-order valence-corrected chi connectivity index (χ4v) is 3.61. The minimum Gasteiger partial charge on any atom is -0.383 e. The summed E-state index contributed by atoms with van der Waals surface area (Å²) in [5, 5.41) is 14.4. The van der Waals surface area contributed by atoms with E-state index in [2.05, 4.69) is 21.3 Å². The molecule has 1 fully saturated rings. The van der Waals surface area contributed by atoms with E-state index in [1.165, 1.54) is 5.56 Å². The van der Waals surface area contributed by atoms with Crippen LogP contribution in [0.2, 0.25) is 0 Å². The van der Waals surface area contributed by atoms with Crippen LogP contribution in [0, 0.1) is 0 Å². The number of aryl methyl sites for hydroxylation is 1. The van der Waals surface area contributed by atoms with E-state index in [-0.39, 0.29) is 6.10 Å². The van der Waals surface area contributed by atoms with Gasteiger partial charge in [-0.2, -0.15) is 0 Å². The number of hydrogen-bond acceptors (Lipinski definition) is 4. The lowest BCUT2D eigenvalue weighted by Crippen LogP contribution is -2.53. The zero-order valence-corrected chi connectivity index (χ0v) is 14.5. The Bertz CT molecular complexity index is 591. The van der Waals surface area contributed by atoms with Gasteiger partial charge in [-0.3, -0.25) is 4.99 Å². The average Bonchev–Trinajstić information content (AvgIpc) is 2.94. The van der Waals surface area contributed by atoms with Gasteiger partial charge >= 0.3 is 0 Å². The second-order valence-corrected chi connectivity index (χ2v) is 6.48. The molecular weight excluding hydrogens is 306 g/mol. The Balaban J connectivity index is 1.63. The van der Waals surface area contributed by atoms with Crippen molar-refractivity contribution in [2.24, 2.45) is 4.99 Å². The van der Waals surface area contributed by atoms with Crippen LogP contribution >= 0.6 is 0 Å². The van der Waals surface area contributed by atoms with E-state index >= 15 is 0 Å². The summed E-state index contributed by atoms with van der Waals surface area (Å²) in [7, 11) is 3.46. The second kappa shape index (κ2) is 7.51. The van der Waals surface area contributed by atoms with E-state index in [1.807, 2.05) is 18.2 Å². The number of fused-ring (bicyclic) bond motifs is 1. The van der Waals surface area contributed by atoms with Crippen molar-refractivity contribution in [2.75, 3.05) is 47.0 Å². The quantitative estimate of drug-likeness (QED) is 0.629. The zero-order chi connectivity index (χ0) is 17.0. The fraction of sp³-hybridized carbons (Fsp3) is 0.611. The van der Waals surface area contributed by atoms with Crippen LogP contribution in [0.5, 0.6) is 0 Å². The molecule has 1 heterocycles. The summed E-state index contributed by atoms with van der Waals surface area (Å²) < 4.78 is 10.9. The minimum atomic E-state index is -0.829. The minimum absolute atomic E-state index is 0.0533. The van der Waals surface area contributed by atoms with Gasteiger partial charge in [0.15, 0.2) is 5.96 Å². The highest BCUT2D eigenvalue weighted by Crippen LogP contribution is 2.36. The van der Waals surface area contributed by atoms with Crippen molar-refractivity contribution in [3.63, 3.8) is 0 Å². The van der Waals surface area contributed by atoms with Gasteiger partial charge in [-0.1, -0.05) is 24.3 Å². The van der Waals surface area contributed by atoms with Crippen LogP contribution in [0.3, 0.4) is 0 Å². The maximum atomic E-state index is 11.0. The summed E-state index contributed by atoms with van der Waals surface area (Å²) in [5.41, 5.74) is 1.44. The Kier molecular flexibility index (Phi) is 5.38. The molecule has 1 saturated heterocycles. The van der Waals surface area contributed by atoms with Gasteiger partial charge in [0.2, 0.25) is 0 Å². The molecular formula is C18H27N3O3. The first kappa shape index (κ1) is 17.2. The van der Waals surface area contributed by atoms with E-state index in [4.69, 9.17) is 9.47 Å². The number of methoxy groups -OCH3 is 1. The molecule has 24 heavy (non-hydrogen) atoms. The Labute approximate surface area is 143 Å². The first-order chi connectivity index (χ1) is 11.7. The Morgan fingerprint density at radius 3 is 3.12 bits per heavy atom. The summed E-state index contributed by atoms with van der Waals surface area (Å²) in [6, 6.07) is 8.14. The van der Waals surface area contributed by atoms with Crippen LogP contribution in [0.1, 0.15) is 17.5 Å². The average molecular weight is 333 g/mol. The predicted octanol–water partition coefficient (Wildman–Crippen LogP) is 0.743. The van der Waals surface area contributed by atoms with Crippen LogP contribution in [-0.2, 0) is 21.5 Å². The molecule has 3 rings (SSSR count). The number of rotatable bonds is 4. The SMILES string of the molecule is CN=C(NCC1(O)CCc2ccccc21)N1CCOC(COC)C1. The van der Waals surface area contributed by atoms with Crippen molar-refractivity contribution in [3.05, 3.63) is 35.4 Å². The first-order valence-corrected chi connectivity index (χ1v) is 8.53. The highest BCUT2D eigenvalue weighted by molar-refractivity contribution is 5.80. The lowest BCUT2D eigenvalue weighted by atomic mass is 9.96. The third kappa shape index (κ3) is 3.55. The summed E-state index contributed by atoms with van der Waals surface area (Å²) in [5.74, 6) is 0.803. The normalized spacial score (nSPS) is 27.2. The molecule has 1 aliphatic heterocycles. The number of hydrogen-bond donors (Lipinski definition) is 2. The van der Waals surface area contributed by atoms with E-state index < -0.39 is 5.60 Å². The van der Waals surface area contributed by atoms with Crippen LogP contribution in [0.15, 0.2) is 29.3 Å². The number of ether oxygens (including phenoxy) is 2. The standard InChI is InChI=1S/C18H27N3O3/c1-19-17(21-9-10-24-15(11-21)12-23-2)20-13-18(22)8-7-14-5-3-4-6-16(14)18/h3-6,15,22H,7-13H2,1-2H3,(H,19,20). The van der Waals surface area contributed by atoms with Crippen LogP contribution in [0.4, 0.5) is 0 Å². The van der Waals surface area contributed by atoms with E-state index in [9.17, 15) is 5.11 Å². The fourth-order valence-electron chi connectivity index (χ4n) is 3.61. The molecule has 1 aromatic rings. The number of guanidine groups is 1. The largest absolute Gasteiger partial charge is 0.383 e. The molecule has 0 aromatic heterocycles. The molecule has 0 amide bonds. The van der Waals surface area contributed by atoms with Crippen LogP contribution < -0.4 is 5.32 Å². The topological polar surface area (TPSA) is 66.3 Å². The number of aliphatic hydroxyl groups is 1. The highest BCUT2D eigenvalue weighted by atomic mass is 16.5. The lowest BCUT2D eigenvalue weighted by molar-refractivity contribution is -0.0451. The summed E-state index contributed by atoms with van der Waals surface area (Å²) in [6.07, 6.45) is 1.71. The summed E-state index contributed by atoms with van der Waals surface area (Å²) in [4.78, 5) is 6.54. The van der Waals surface area contributed by atoms with Crippen molar-refractivity contribution in [1.29, 1.82) is 0 Å². The number of morpholine rings is 1. The van der Waals surface area contributed by atoms with Crippen molar-refractivity contribution in [3.8, 4) is 0 Å². The predicted molar refractivity (Wildman–Crippen MR) is 93.2 cm³/mol. The molecule has 6 heteroatoms. The van der Waals surface area contributed by atoms with Gasteiger partial charge in [-0.05, 0) is 24.0 Å². The molecule has 2 unspecified atom stereocenters. The van der Waals surface area contributed by atoms with Gasteiger partial charge in [-0.25, -0.2) is 0 Å². The van der Waals surface area contributed by atoms with Gasteiger partial charge in [-0.15, -0.1) is 0 Å². The Morgan fingerprint density at radius 2 is 2.33 bits per heavy atom. The van der Waals surface area contributed by atoms with Gasteiger partial charge in [0, 0.05) is 27.2 Å². The van der Waals surface area contributed by atoms with Crippen molar-refractivity contribution in [2.45, 2.75) is 24.5 Å². The molecule has 132 valence electrons. The van der Waals surface area contributed by atoms with Gasteiger partial charge < -0.3 is 24.8 Å². The molecule has 1 aromatic carbocycles. The molecule has 2 atom stereocenters. The van der Waals surface area contributed by atoms with E-state index in [0.29, 0.717) is 19.8 Å². The monoisotopic (exact) mass is 333 g/mol. The van der Waals surface area contributed by atoms with Crippen LogP contribution in [-0.4, -0.2) is 69.1 Å². The number of aliphatic imine (C=N–C) groups is 1. The summed E-state index contributed by atoms with van der Waals surface area (Å²) in [6.45, 7) is 3.22. The maximum Gasteiger partial charge on any atom is 0.193 e. The molecule has 0 saturated carbocycles. The third-order valence-corrected chi connectivity index (χ3v) is 4.87. The van der Waals surface area contributed by atoms with Gasteiger partial charge in [0.1, 0.15) is 5.60 Å². The second-order valence-electron chi connectivity index (χ2n) is 6.48. The molecule has 0 bridgehead atoms. The smallest absolute Gasteiger partial charge is 0.193 e. The van der Waals surface area contributed by atoms with Crippen molar-refractivity contribution >= 4 is 5.96 Å². The van der Waals surface area contributed by atoms with E-state index in [1.54, 1.807) is 14.2 Å². The molecule has 1 aliphatic carbocycles. The van der Waals surface area contributed by atoms with Crippen LogP contribution in [0.25, 0.3) is 0 Å². The number of nitrogens with one attached hydrogen (secondary N) is 1. The maximum absolute atomic E-state index is 11.0. The highest BCUT2D eigenvalue weighted by Gasteiger charge is 2.36. The van der Waals surface area contributed by atoms with Gasteiger partial charge in [0.25, 0.3) is 0 Å². The molecule has 2 N–H and O–H groups in total. The van der Waals surface area contributed by atoms with Gasteiger partial charge in [0.05, 0.1) is 25.9 Å². The molecule has 0 spiro atoms.